The smallest absolute Gasteiger partial charge is 0.0561 e. The molecule has 0 aliphatic heterocycles. The number of rotatable bonds is 9. The van der Waals surface area contributed by atoms with Crippen LogP contribution in [0.4, 0.5) is 17.1 Å². The topological polar surface area (TPSA) is 8.17 Å². The first-order valence-electron chi connectivity index (χ1n) is 22.7. The highest BCUT2D eigenvalue weighted by Gasteiger charge is 2.20. The molecule has 2 heteroatoms. The fourth-order valence-electron chi connectivity index (χ4n) is 9.98. The van der Waals surface area contributed by atoms with Crippen molar-refractivity contribution in [2.24, 2.45) is 0 Å². The van der Waals surface area contributed by atoms with Crippen LogP contribution in [0, 0.1) is 0 Å². The minimum absolute atomic E-state index is 1.07. The van der Waals surface area contributed by atoms with Crippen molar-refractivity contribution in [3.05, 3.63) is 267 Å². The molecule has 0 N–H and O–H groups in total. The van der Waals surface area contributed by atoms with E-state index in [2.05, 4.69) is 276 Å². The molecule has 0 aliphatic carbocycles. The third-order valence-corrected chi connectivity index (χ3v) is 13.0. The van der Waals surface area contributed by atoms with Gasteiger partial charge in [-0.15, -0.1) is 0 Å². The van der Waals surface area contributed by atoms with Gasteiger partial charge in [0.25, 0.3) is 0 Å². The Morgan fingerprint density at radius 1 is 0.258 bits per heavy atom. The van der Waals surface area contributed by atoms with Crippen molar-refractivity contribution in [2.45, 2.75) is 0 Å². The standard InChI is InChI=1S/C64H44N2/c1-5-18-45(19-6-1)56-29-17-30-57(46-20-7-2-8-21-46)64(56)50-34-39-53(40-35-50)65(54-41-43-60-59-28-15-16-31-61(59)66(62(60)44-54)51-25-11-4-12-26-51)52-37-32-48(33-38-52)58-42-36-47-22-13-14-27-55(47)63(58)49-23-9-3-10-24-49/h1-44H. The van der Waals surface area contributed by atoms with Crippen LogP contribution in [0.25, 0.3) is 93.9 Å². The van der Waals surface area contributed by atoms with E-state index in [0.717, 1.165) is 33.8 Å². The summed E-state index contributed by atoms with van der Waals surface area (Å²) in [6.07, 6.45) is 0. The number of anilines is 3. The molecule has 2 nitrogen and oxygen atoms in total. The summed E-state index contributed by atoms with van der Waals surface area (Å²) in [6, 6.07) is 96.9. The quantitative estimate of drug-likeness (QED) is 0.141. The maximum atomic E-state index is 2.40. The molecule has 12 aromatic rings. The predicted molar refractivity (Wildman–Crippen MR) is 280 cm³/mol. The molecule has 0 saturated carbocycles. The molecule has 0 radical (unpaired) electrons. The predicted octanol–water partition coefficient (Wildman–Crippen LogP) is 17.7. The van der Waals surface area contributed by atoms with Crippen LogP contribution in [0.1, 0.15) is 0 Å². The monoisotopic (exact) mass is 840 g/mol. The van der Waals surface area contributed by atoms with Crippen molar-refractivity contribution in [2.75, 3.05) is 4.90 Å². The lowest BCUT2D eigenvalue weighted by Gasteiger charge is -2.27. The Morgan fingerprint density at radius 2 is 0.712 bits per heavy atom. The Labute approximate surface area is 385 Å². The molecule has 0 aliphatic rings. The fourth-order valence-corrected chi connectivity index (χ4v) is 9.98. The molecule has 0 atom stereocenters. The minimum atomic E-state index is 1.07. The molecular weight excluding hydrogens is 797 g/mol. The van der Waals surface area contributed by atoms with Gasteiger partial charge in [-0.3, -0.25) is 0 Å². The van der Waals surface area contributed by atoms with E-state index in [4.69, 9.17) is 0 Å². The van der Waals surface area contributed by atoms with Gasteiger partial charge in [-0.2, -0.15) is 0 Å². The molecule has 66 heavy (non-hydrogen) atoms. The van der Waals surface area contributed by atoms with Crippen LogP contribution >= 0.6 is 0 Å². The summed E-state index contributed by atoms with van der Waals surface area (Å²) in [7, 11) is 0. The van der Waals surface area contributed by atoms with Gasteiger partial charge in [0.1, 0.15) is 0 Å². The van der Waals surface area contributed by atoms with E-state index >= 15 is 0 Å². The summed E-state index contributed by atoms with van der Waals surface area (Å²) >= 11 is 0. The Morgan fingerprint density at radius 3 is 1.35 bits per heavy atom. The van der Waals surface area contributed by atoms with E-state index in [1.165, 1.54) is 77.1 Å². The van der Waals surface area contributed by atoms with Crippen LogP contribution in [-0.2, 0) is 0 Å². The second-order valence-electron chi connectivity index (χ2n) is 16.9. The lowest BCUT2D eigenvalue weighted by atomic mass is 9.87. The highest BCUT2D eigenvalue weighted by Crippen LogP contribution is 2.45. The first-order valence-corrected chi connectivity index (χ1v) is 22.7. The first kappa shape index (κ1) is 38.9. The molecule has 0 spiro atoms. The minimum Gasteiger partial charge on any atom is -0.310 e. The Balaban J connectivity index is 1.04. The number of nitrogens with zero attached hydrogens (tertiary/aromatic N) is 2. The second kappa shape index (κ2) is 16.8. The number of benzene rings is 11. The van der Waals surface area contributed by atoms with Crippen molar-refractivity contribution in [3.63, 3.8) is 0 Å². The zero-order valence-corrected chi connectivity index (χ0v) is 36.3. The van der Waals surface area contributed by atoms with Crippen LogP contribution in [0.15, 0.2) is 267 Å². The molecule has 0 unspecified atom stereocenters. The van der Waals surface area contributed by atoms with Crippen molar-refractivity contribution in [3.8, 4) is 61.3 Å². The van der Waals surface area contributed by atoms with Crippen molar-refractivity contribution < 1.29 is 0 Å². The lowest BCUT2D eigenvalue weighted by molar-refractivity contribution is 1.18. The molecule has 0 bridgehead atoms. The van der Waals surface area contributed by atoms with E-state index in [9.17, 15) is 0 Å². The zero-order chi connectivity index (χ0) is 43.8. The zero-order valence-electron chi connectivity index (χ0n) is 36.3. The van der Waals surface area contributed by atoms with E-state index in [0.29, 0.717) is 0 Å². The third-order valence-electron chi connectivity index (χ3n) is 13.0. The fraction of sp³-hybridized carbons (Fsp3) is 0. The summed E-state index contributed by atoms with van der Waals surface area (Å²) in [5.74, 6) is 0. The van der Waals surface area contributed by atoms with Gasteiger partial charge in [0.15, 0.2) is 0 Å². The van der Waals surface area contributed by atoms with Gasteiger partial charge >= 0.3 is 0 Å². The molecule has 0 amide bonds. The summed E-state index contributed by atoms with van der Waals surface area (Å²) in [5, 5.41) is 4.94. The highest BCUT2D eigenvalue weighted by molar-refractivity contribution is 6.10. The first-order chi connectivity index (χ1) is 32.8. The summed E-state index contributed by atoms with van der Waals surface area (Å²) in [6.45, 7) is 0. The molecule has 1 aromatic heterocycles. The van der Waals surface area contributed by atoms with Crippen LogP contribution in [0.5, 0.6) is 0 Å². The molecule has 1 heterocycles. The van der Waals surface area contributed by atoms with E-state index in [1.807, 2.05) is 0 Å². The molecular formula is C64H44N2. The highest BCUT2D eigenvalue weighted by atomic mass is 15.1. The van der Waals surface area contributed by atoms with E-state index < -0.39 is 0 Å². The van der Waals surface area contributed by atoms with Gasteiger partial charge in [0, 0.05) is 33.5 Å². The van der Waals surface area contributed by atoms with Gasteiger partial charge in [-0.25, -0.2) is 0 Å². The van der Waals surface area contributed by atoms with Crippen molar-refractivity contribution in [1.82, 2.24) is 4.57 Å². The molecule has 11 aromatic carbocycles. The van der Waals surface area contributed by atoms with E-state index in [-0.39, 0.29) is 0 Å². The largest absolute Gasteiger partial charge is 0.310 e. The summed E-state index contributed by atoms with van der Waals surface area (Å²) in [5.41, 5.74) is 18.7. The van der Waals surface area contributed by atoms with E-state index in [1.54, 1.807) is 0 Å². The van der Waals surface area contributed by atoms with Gasteiger partial charge < -0.3 is 9.47 Å². The number of hydrogen-bond acceptors (Lipinski definition) is 1. The number of para-hydroxylation sites is 2. The molecule has 12 rings (SSSR count). The van der Waals surface area contributed by atoms with Crippen LogP contribution < -0.4 is 4.90 Å². The maximum Gasteiger partial charge on any atom is 0.0561 e. The molecule has 0 saturated heterocycles. The van der Waals surface area contributed by atoms with Crippen molar-refractivity contribution in [1.29, 1.82) is 0 Å². The molecule has 0 fully saturated rings. The normalized spacial score (nSPS) is 11.3. The average Bonchev–Trinajstić information content (AvgIpc) is 3.73. The number of fused-ring (bicyclic) bond motifs is 4. The van der Waals surface area contributed by atoms with Gasteiger partial charge in [-0.1, -0.05) is 212 Å². The number of hydrogen-bond donors (Lipinski definition) is 0. The van der Waals surface area contributed by atoms with Gasteiger partial charge in [-0.05, 0) is 121 Å². The lowest BCUT2D eigenvalue weighted by Crippen LogP contribution is -2.10. The summed E-state index contributed by atoms with van der Waals surface area (Å²) < 4.78 is 2.40. The second-order valence-corrected chi connectivity index (χ2v) is 16.9. The van der Waals surface area contributed by atoms with Crippen LogP contribution in [0.2, 0.25) is 0 Å². The molecule has 310 valence electrons. The Hall–Kier alpha value is -8.72. The Bertz CT molecular complexity index is 3590. The van der Waals surface area contributed by atoms with Crippen LogP contribution in [0.3, 0.4) is 0 Å². The third kappa shape index (κ3) is 6.93. The van der Waals surface area contributed by atoms with Crippen molar-refractivity contribution >= 4 is 49.6 Å². The van der Waals surface area contributed by atoms with Gasteiger partial charge in [0.2, 0.25) is 0 Å². The maximum absolute atomic E-state index is 2.40. The van der Waals surface area contributed by atoms with Gasteiger partial charge in [0.05, 0.1) is 11.0 Å². The van der Waals surface area contributed by atoms with Crippen LogP contribution in [-0.4, -0.2) is 4.57 Å². The summed E-state index contributed by atoms with van der Waals surface area (Å²) in [4.78, 5) is 2.40. The average molecular weight is 841 g/mol. The number of aromatic nitrogens is 1. The Kier molecular flexibility index (Phi) is 9.89. The SMILES string of the molecule is c1ccc(-c2cccc(-c3ccccc3)c2-c2ccc(N(c3ccc(-c4ccc5ccccc5c4-c4ccccc4)cc3)c3ccc4c5ccccc5n(-c5ccccc5)c4c3)cc2)cc1.